The maximum absolute atomic E-state index is 13.0. The van der Waals surface area contributed by atoms with Crippen molar-refractivity contribution in [3.05, 3.63) is 114 Å². The van der Waals surface area contributed by atoms with Gasteiger partial charge >= 0.3 is 0 Å². The van der Waals surface area contributed by atoms with E-state index in [-0.39, 0.29) is 17.2 Å². The van der Waals surface area contributed by atoms with Gasteiger partial charge in [-0.2, -0.15) is 10.2 Å². The Morgan fingerprint density at radius 3 is 2.13 bits per heavy atom. The zero-order valence-corrected chi connectivity index (χ0v) is 16.9. The lowest BCUT2D eigenvalue weighted by molar-refractivity contribution is -0.122. The minimum Gasteiger partial charge on any atom is -0.277 e. The van der Waals surface area contributed by atoms with Gasteiger partial charge in [0.1, 0.15) is 0 Å². The summed E-state index contributed by atoms with van der Waals surface area (Å²) in [6.07, 6.45) is 4.11. The van der Waals surface area contributed by atoms with Crippen molar-refractivity contribution in [1.82, 2.24) is 15.6 Å². The minimum atomic E-state index is -0.299. The highest BCUT2D eigenvalue weighted by Gasteiger charge is 2.60. The molecular weight excluding hydrogens is 384 g/mol. The van der Waals surface area contributed by atoms with Crippen LogP contribution < -0.4 is 5.43 Å². The van der Waals surface area contributed by atoms with Crippen molar-refractivity contribution in [2.75, 3.05) is 0 Å². The molecule has 0 bridgehead atoms. The van der Waals surface area contributed by atoms with E-state index < -0.39 is 0 Å². The number of hydrogen-bond acceptors (Lipinski definition) is 3. The van der Waals surface area contributed by atoms with Crippen LogP contribution in [-0.4, -0.2) is 22.3 Å². The molecule has 2 N–H and O–H groups in total. The molecule has 0 saturated heterocycles. The Bertz CT molecular complexity index is 1160. The van der Waals surface area contributed by atoms with E-state index in [1.165, 1.54) is 0 Å². The van der Waals surface area contributed by atoms with E-state index in [1.54, 1.807) is 12.4 Å². The summed E-state index contributed by atoms with van der Waals surface area (Å²) in [6, 6.07) is 30.4. The van der Waals surface area contributed by atoms with Crippen LogP contribution in [-0.2, 0) is 10.2 Å². The number of nitrogens with zero attached hydrogens (tertiary/aromatic N) is 2. The van der Waals surface area contributed by atoms with Gasteiger partial charge in [0.15, 0.2) is 0 Å². The van der Waals surface area contributed by atoms with E-state index in [1.807, 2.05) is 66.7 Å². The number of hydrazone groups is 1. The molecule has 0 unspecified atom stereocenters. The first-order valence-corrected chi connectivity index (χ1v) is 10.3. The summed E-state index contributed by atoms with van der Waals surface area (Å²) in [4.78, 5) is 13.0. The standard InChI is InChI=1S/C26H22N4O/c31-25(30-28-18-20-17-27-29-24(20)19-10-4-1-5-11-19)23-16-26(23,21-12-6-2-7-13-21)22-14-8-3-9-15-22/h1-15,17-18,23H,16H2,(H,27,29)(H,30,31)/b28-18-/t23-/m0/s1. The molecule has 5 nitrogen and oxygen atoms in total. The van der Waals surface area contributed by atoms with E-state index in [9.17, 15) is 4.79 Å². The number of aromatic nitrogens is 2. The zero-order valence-electron chi connectivity index (χ0n) is 16.9. The van der Waals surface area contributed by atoms with Gasteiger partial charge in [0.25, 0.3) is 0 Å². The van der Waals surface area contributed by atoms with E-state index >= 15 is 0 Å². The average molecular weight is 406 g/mol. The van der Waals surface area contributed by atoms with E-state index in [2.05, 4.69) is 45.0 Å². The summed E-state index contributed by atoms with van der Waals surface area (Å²) in [7, 11) is 0. The monoisotopic (exact) mass is 406 g/mol. The van der Waals surface area contributed by atoms with Crippen molar-refractivity contribution in [3.63, 3.8) is 0 Å². The van der Waals surface area contributed by atoms with Crippen LogP contribution >= 0.6 is 0 Å². The van der Waals surface area contributed by atoms with Crippen molar-refractivity contribution in [2.45, 2.75) is 11.8 Å². The van der Waals surface area contributed by atoms with Gasteiger partial charge in [0.05, 0.1) is 24.0 Å². The molecule has 5 rings (SSSR count). The van der Waals surface area contributed by atoms with Crippen molar-refractivity contribution >= 4 is 12.1 Å². The molecule has 31 heavy (non-hydrogen) atoms. The second-order valence-electron chi connectivity index (χ2n) is 7.76. The molecule has 1 saturated carbocycles. The number of nitrogens with one attached hydrogen (secondary N) is 2. The second kappa shape index (κ2) is 8.03. The molecule has 1 aliphatic rings. The Morgan fingerprint density at radius 1 is 0.935 bits per heavy atom. The van der Waals surface area contributed by atoms with Gasteiger partial charge in [-0.3, -0.25) is 9.89 Å². The van der Waals surface area contributed by atoms with Gasteiger partial charge in [0.2, 0.25) is 5.91 Å². The second-order valence-corrected chi connectivity index (χ2v) is 7.76. The summed E-state index contributed by atoms with van der Waals surface area (Å²) >= 11 is 0. The number of H-pyrrole nitrogens is 1. The minimum absolute atomic E-state index is 0.0753. The Balaban J connectivity index is 1.35. The number of carbonyl (C=O) groups is 1. The summed E-state index contributed by atoms with van der Waals surface area (Å²) in [5, 5.41) is 11.3. The number of carbonyl (C=O) groups excluding carboxylic acids is 1. The smallest absolute Gasteiger partial charge is 0.244 e. The van der Waals surface area contributed by atoms with Crippen LogP contribution in [0.25, 0.3) is 11.3 Å². The summed E-state index contributed by atoms with van der Waals surface area (Å²) < 4.78 is 0. The van der Waals surface area contributed by atoms with Crippen molar-refractivity contribution in [1.29, 1.82) is 0 Å². The summed E-state index contributed by atoms with van der Waals surface area (Å²) in [5.74, 6) is -0.235. The fourth-order valence-electron chi connectivity index (χ4n) is 4.33. The van der Waals surface area contributed by atoms with Gasteiger partial charge in [-0.25, -0.2) is 5.43 Å². The van der Waals surface area contributed by atoms with E-state index in [4.69, 9.17) is 0 Å². The molecule has 1 amide bonds. The maximum atomic E-state index is 13.0. The van der Waals surface area contributed by atoms with Gasteiger partial charge in [-0.05, 0) is 17.5 Å². The van der Waals surface area contributed by atoms with Crippen molar-refractivity contribution in [3.8, 4) is 11.3 Å². The summed E-state index contributed by atoms with van der Waals surface area (Å²) in [5.41, 5.74) is 7.47. The molecule has 4 aromatic rings. The predicted molar refractivity (Wildman–Crippen MR) is 122 cm³/mol. The van der Waals surface area contributed by atoms with E-state index in [0.717, 1.165) is 34.4 Å². The van der Waals surface area contributed by atoms with Gasteiger partial charge in [-0.1, -0.05) is 91.0 Å². The molecule has 1 fully saturated rings. The lowest BCUT2D eigenvalue weighted by Gasteiger charge is -2.18. The number of hydrogen-bond donors (Lipinski definition) is 2. The molecule has 1 aromatic heterocycles. The van der Waals surface area contributed by atoms with Crippen LogP contribution in [0.3, 0.4) is 0 Å². The number of aromatic amines is 1. The molecule has 0 radical (unpaired) electrons. The highest BCUT2D eigenvalue weighted by atomic mass is 16.2. The van der Waals surface area contributed by atoms with Crippen LogP contribution in [0.4, 0.5) is 0 Å². The Hall–Kier alpha value is -3.99. The van der Waals surface area contributed by atoms with E-state index in [0.29, 0.717) is 0 Å². The fourth-order valence-corrected chi connectivity index (χ4v) is 4.33. The van der Waals surface area contributed by atoms with Gasteiger partial charge in [0, 0.05) is 16.5 Å². The third-order valence-electron chi connectivity index (χ3n) is 5.96. The van der Waals surface area contributed by atoms with Gasteiger partial charge in [-0.15, -0.1) is 0 Å². The highest BCUT2D eigenvalue weighted by molar-refractivity contribution is 5.90. The molecule has 1 aliphatic carbocycles. The summed E-state index contributed by atoms with van der Waals surface area (Å²) in [6.45, 7) is 0. The van der Waals surface area contributed by atoms with Crippen LogP contribution in [0.5, 0.6) is 0 Å². The molecule has 5 heteroatoms. The third kappa shape index (κ3) is 3.55. The Labute approximate surface area is 180 Å². The first-order valence-electron chi connectivity index (χ1n) is 10.3. The average Bonchev–Trinajstić information content (AvgIpc) is 3.44. The first kappa shape index (κ1) is 19.0. The largest absolute Gasteiger partial charge is 0.277 e. The SMILES string of the molecule is O=C(N/N=C\c1cn[nH]c1-c1ccccc1)[C@@H]1CC1(c1ccccc1)c1ccccc1. The fraction of sp³-hybridized carbons (Fsp3) is 0.115. The maximum Gasteiger partial charge on any atom is 0.244 e. The van der Waals surface area contributed by atoms with Crippen LogP contribution in [0.2, 0.25) is 0 Å². The normalized spacial score (nSPS) is 16.8. The Morgan fingerprint density at radius 2 is 1.52 bits per heavy atom. The molecule has 1 heterocycles. The molecular formula is C26H22N4O. The lowest BCUT2D eigenvalue weighted by atomic mass is 9.85. The Kier molecular flexibility index (Phi) is 4.92. The third-order valence-corrected chi connectivity index (χ3v) is 5.96. The van der Waals surface area contributed by atoms with Crippen molar-refractivity contribution < 1.29 is 4.79 Å². The highest BCUT2D eigenvalue weighted by Crippen LogP contribution is 2.58. The first-order chi connectivity index (χ1) is 15.3. The molecule has 152 valence electrons. The van der Waals surface area contributed by atoms with Crippen molar-refractivity contribution in [2.24, 2.45) is 11.0 Å². The lowest BCUT2D eigenvalue weighted by Crippen LogP contribution is -2.25. The number of rotatable bonds is 6. The van der Waals surface area contributed by atoms with Crippen LogP contribution in [0.1, 0.15) is 23.1 Å². The molecule has 0 spiro atoms. The van der Waals surface area contributed by atoms with Gasteiger partial charge < -0.3 is 0 Å². The molecule has 1 atom stereocenters. The molecule has 0 aliphatic heterocycles. The van der Waals surface area contributed by atoms with Crippen LogP contribution in [0.15, 0.2) is 102 Å². The quantitative estimate of drug-likeness (QED) is 0.365. The predicted octanol–water partition coefficient (Wildman–Crippen LogP) is 4.53. The topological polar surface area (TPSA) is 70.1 Å². The van der Waals surface area contributed by atoms with Crippen LogP contribution in [0, 0.1) is 5.92 Å². The zero-order chi connectivity index (χ0) is 21.1. The number of amides is 1. The number of benzene rings is 3. The molecule has 3 aromatic carbocycles.